The molecule has 34 heavy (non-hydrogen) atoms. The van der Waals surface area contributed by atoms with E-state index in [4.69, 9.17) is 0 Å². The summed E-state index contributed by atoms with van der Waals surface area (Å²) >= 11 is 0. The molecule has 0 unspecified atom stereocenters. The number of amides is 1. The minimum Gasteiger partial charge on any atom is -0.337 e. The Kier molecular flexibility index (Phi) is 5.11. The van der Waals surface area contributed by atoms with Crippen LogP contribution in [0, 0.1) is 6.92 Å². The van der Waals surface area contributed by atoms with E-state index in [2.05, 4.69) is 56.3 Å². The normalized spacial score (nSPS) is 14.8. The van der Waals surface area contributed by atoms with Crippen LogP contribution in [-0.2, 0) is 6.54 Å². The van der Waals surface area contributed by atoms with Gasteiger partial charge < -0.3 is 9.88 Å². The molecule has 1 fully saturated rings. The third-order valence-corrected chi connectivity index (χ3v) is 6.61. The van der Waals surface area contributed by atoms with Crippen LogP contribution in [0.5, 0.6) is 0 Å². The molecule has 0 saturated carbocycles. The maximum atomic E-state index is 13.3. The average molecular weight is 451 g/mol. The Morgan fingerprint density at radius 2 is 1.74 bits per heavy atom. The van der Waals surface area contributed by atoms with Gasteiger partial charge in [0.25, 0.3) is 5.91 Å². The van der Waals surface area contributed by atoms with Gasteiger partial charge in [0.2, 0.25) is 0 Å². The number of hydrogen-bond acceptors (Lipinski definition) is 4. The second kappa shape index (κ2) is 8.43. The summed E-state index contributed by atoms with van der Waals surface area (Å²) in [4.78, 5) is 25.7. The number of imidazole rings is 1. The molecule has 0 atom stereocenters. The lowest BCUT2D eigenvalue weighted by Gasteiger charge is -2.34. The molecule has 2 N–H and O–H groups in total. The number of nitrogens with zero attached hydrogens (tertiary/aromatic N) is 4. The second-order valence-electron chi connectivity index (χ2n) is 8.99. The van der Waals surface area contributed by atoms with Crippen molar-refractivity contribution in [3.63, 3.8) is 0 Å². The Balaban J connectivity index is 1.19. The van der Waals surface area contributed by atoms with Gasteiger partial charge in [-0.1, -0.05) is 42.0 Å². The standard InChI is InChI=1S/C27H26N6O/c1-18-6-8-19(9-7-18)17-32-12-14-33(15-13-32)27(34)20-10-11-22-21(16-20)25(31-30-22)26-28-23-4-2-3-5-24(23)29-26/h2-11,16H,12-15,17H2,1H3,(H,28,29)(H,30,31). The molecule has 1 amide bonds. The molecular weight excluding hydrogens is 424 g/mol. The number of hydrogen-bond donors (Lipinski definition) is 2. The number of aryl methyl sites for hydroxylation is 1. The van der Waals surface area contributed by atoms with E-state index in [1.165, 1.54) is 11.1 Å². The highest BCUT2D eigenvalue weighted by atomic mass is 16.2. The SMILES string of the molecule is Cc1ccc(CN2CCN(C(=O)c3ccc4[nH]nc(-c5nc6ccccc6[nH]5)c4c3)CC2)cc1. The summed E-state index contributed by atoms with van der Waals surface area (Å²) in [7, 11) is 0. The molecule has 0 spiro atoms. The lowest BCUT2D eigenvalue weighted by atomic mass is 10.1. The molecule has 3 heterocycles. The molecule has 1 aliphatic rings. The van der Waals surface area contributed by atoms with Gasteiger partial charge in [0.1, 0.15) is 5.69 Å². The first kappa shape index (κ1) is 20.6. The third kappa shape index (κ3) is 3.84. The number of H-pyrrole nitrogens is 2. The van der Waals surface area contributed by atoms with Crippen LogP contribution in [0.15, 0.2) is 66.7 Å². The first-order valence-electron chi connectivity index (χ1n) is 11.6. The molecule has 0 bridgehead atoms. The van der Waals surface area contributed by atoms with Crippen molar-refractivity contribution in [3.8, 4) is 11.5 Å². The van der Waals surface area contributed by atoms with Gasteiger partial charge in [-0.15, -0.1) is 0 Å². The van der Waals surface area contributed by atoms with E-state index in [-0.39, 0.29) is 5.91 Å². The fourth-order valence-electron chi connectivity index (χ4n) is 4.64. The molecule has 170 valence electrons. The van der Waals surface area contributed by atoms with Gasteiger partial charge in [0, 0.05) is 43.7 Å². The highest BCUT2D eigenvalue weighted by molar-refractivity contribution is 6.01. The maximum Gasteiger partial charge on any atom is 0.253 e. The van der Waals surface area contributed by atoms with E-state index in [0.29, 0.717) is 11.4 Å². The Hall–Kier alpha value is -3.97. The molecule has 0 aliphatic carbocycles. The number of fused-ring (bicyclic) bond motifs is 2. The zero-order chi connectivity index (χ0) is 23.1. The molecule has 0 radical (unpaired) electrons. The largest absolute Gasteiger partial charge is 0.337 e. The van der Waals surface area contributed by atoms with E-state index in [1.807, 2.05) is 47.4 Å². The van der Waals surface area contributed by atoms with E-state index >= 15 is 0 Å². The minimum atomic E-state index is 0.0636. The summed E-state index contributed by atoms with van der Waals surface area (Å²) in [5.74, 6) is 0.760. The Bertz CT molecular complexity index is 1440. The molecule has 2 aromatic heterocycles. The van der Waals surface area contributed by atoms with Crippen LogP contribution in [0.3, 0.4) is 0 Å². The number of nitrogens with one attached hydrogen (secondary N) is 2. The maximum absolute atomic E-state index is 13.3. The van der Waals surface area contributed by atoms with Crippen LogP contribution in [0.1, 0.15) is 21.5 Å². The van der Waals surface area contributed by atoms with Crippen molar-refractivity contribution in [2.24, 2.45) is 0 Å². The van der Waals surface area contributed by atoms with Gasteiger partial charge in [-0.3, -0.25) is 14.8 Å². The van der Waals surface area contributed by atoms with Crippen LogP contribution in [-0.4, -0.2) is 62.1 Å². The molecule has 7 nitrogen and oxygen atoms in total. The first-order chi connectivity index (χ1) is 16.6. The van der Waals surface area contributed by atoms with Gasteiger partial charge in [0.15, 0.2) is 5.82 Å². The molecule has 1 saturated heterocycles. The smallest absolute Gasteiger partial charge is 0.253 e. The molecule has 7 heteroatoms. The number of piperazine rings is 1. The van der Waals surface area contributed by atoms with Crippen molar-refractivity contribution in [3.05, 3.63) is 83.4 Å². The average Bonchev–Trinajstić information content (AvgIpc) is 3.49. The molecule has 1 aliphatic heterocycles. The van der Waals surface area contributed by atoms with E-state index in [0.717, 1.165) is 60.4 Å². The molecule has 6 rings (SSSR count). The second-order valence-corrected chi connectivity index (χ2v) is 8.99. The fourth-order valence-corrected chi connectivity index (χ4v) is 4.64. The van der Waals surface area contributed by atoms with E-state index in [1.54, 1.807) is 0 Å². The number of para-hydroxylation sites is 2. The minimum absolute atomic E-state index is 0.0636. The summed E-state index contributed by atoms with van der Waals surface area (Å²) in [6.45, 7) is 6.23. The van der Waals surface area contributed by atoms with Crippen molar-refractivity contribution in [2.45, 2.75) is 13.5 Å². The van der Waals surface area contributed by atoms with Crippen molar-refractivity contribution in [1.29, 1.82) is 0 Å². The summed E-state index contributed by atoms with van der Waals surface area (Å²) in [6, 6.07) is 22.3. The van der Waals surface area contributed by atoms with E-state index in [9.17, 15) is 4.79 Å². The highest BCUT2D eigenvalue weighted by Gasteiger charge is 2.23. The van der Waals surface area contributed by atoms with Gasteiger partial charge in [-0.05, 0) is 42.8 Å². The van der Waals surface area contributed by atoms with Crippen LogP contribution in [0.4, 0.5) is 0 Å². The predicted octanol–water partition coefficient (Wildman–Crippen LogP) is 4.37. The van der Waals surface area contributed by atoms with Gasteiger partial charge in [-0.25, -0.2) is 4.98 Å². The Morgan fingerprint density at radius 1 is 0.941 bits per heavy atom. The van der Waals surface area contributed by atoms with Crippen molar-refractivity contribution < 1.29 is 4.79 Å². The number of rotatable bonds is 4. The quantitative estimate of drug-likeness (QED) is 0.426. The van der Waals surface area contributed by atoms with E-state index < -0.39 is 0 Å². The number of aromatic amines is 2. The number of carbonyl (C=O) groups is 1. The van der Waals surface area contributed by atoms with Crippen LogP contribution >= 0.6 is 0 Å². The Labute approximate surface area is 197 Å². The lowest BCUT2D eigenvalue weighted by Crippen LogP contribution is -2.48. The molecular formula is C27H26N6O. The predicted molar refractivity (Wildman–Crippen MR) is 134 cm³/mol. The molecule has 3 aromatic carbocycles. The number of benzene rings is 3. The monoisotopic (exact) mass is 450 g/mol. The van der Waals surface area contributed by atoms with Crippen molar-refractivity contribution in [1.82, 2.24) is 30.0 Å². The summed E-state index contributed by atoms with van der Waals surface area (Å²) < 4.78 is 0. The summed E-state index contributed by atoms with van der Waals surface area (Å²) in [5, 5.41) is 8.44. The van der Waals surface area contributed by atoms with Crippen molar-refractivity contribution in [2.75, 3.05) is 26.2 Å². The van der Waals surface area contributed by atoms with Crippen LogP contribution in [0.2, 0.25) is 0 Å². The zero-order valence-corrected chi connectivity index (χ0v) is 19.1. The topological polar surface area (TPSA) is 80.9 Å². The van der Waals surface area contributed by atoms with Crippen molar-refractivity contribution >= 4 is 27.8 Å². The number of carbonyl (C=O) groups excluding carboxylic acids is 1. The third-order valence-electron chi connectivity index (χ3n) is 6.61. The van der Waals surface area contributed by atoms with Crippen LogP contribution in [0.25, 0.3) is 33.5 Å². The Morgan fingerprint density at radius 3 is 2.53 bits per heavy atom. The van der Waals surface area contributed by atoms with Crippen LogP contribution < -0.4 is 0 Å². The first-order valence-corrected chi connectivity index (χ1v) is 11.6. The summed E-state index contributed by atoms with van der Waals surface area (Å²) in [5.41, 5.74) is 6.73. The van der Waals surface area contributed by atoms with Gasteiger partial charge in [-0.2, -0.15) is 5.10 Å². The zero-order valence-electron chi connectivity index (χ0n) is 19.1. The van der Waals surface area contributed by atoms with Gasteiger partial charge in [0.05, 0.1) is 16.6 Å². The van der Waals surface area contributed by atoms with Gasteiger partial charge >= 0.3 is 0 Å². The number of aromatic nitrogens is 4. The highest BCUT2D eigenvalue weighted by Crippen LogP contribution is 2.27. The molecule has 5 aromatic rings. The lowest BCUT2D eigenvalue weighted by molar-refractivity contribution is 0.0628. The summed E-state index contributed by atoms with van der Waals surface area (Å²) in [6.07, 6.45) is 0. The fraction of sp³-hybridized carbons (Fsp3) is 0.222.